The molecule has 1 aliphatic rings. The van der Waals surface area contributed by atoms with E-state index in [1.54, 1.807) is 12.1 Å². The summed E-state index contributed by atoms with van der Waals surface area (Å²) >= 11 is 3.36. The summed E-state index contributed by atoms with van der Waals surface area (Å²) in [4.78, 5) is 14.4. The molecule has 1 amide bonds. The molecule has 1 aromatic rings. The number of rotatable bonds is 2. The van der Waals surface area contributed by atoms with Gasteiger partial charge in [-0.25, -0.2) is 0 Å². The van der Waals surface area contributed by atoms with E-state index in [1.807, 2.05) is 6.07 Å². The molecule has 4 nitrogen and oxygen atoms in total. The van der Waals surface area contributed by atoms with Crippen LogP contribution in [0.4, 0.5) is 5.69 Å². The predicted molar refractivity (Wildman–Crippen MR) is 76.5 cm³/mol. The van der Waals surface area contributed by atoms with E-state index in [4.69, 9.17) is 5.73 Å². The van der Waals surface area contributed by atoms with Crippen molar-refractivity contribution in [3.05, 3.63) is 28.2 Å². The second kappa shape index (κ2) is 5.71. The summed E-state index contributed by atoms with van der Waals surface area (Å²) in [5.41, 5.74) is 6.88. The number of nitrogens with two attached hydrogens (primary N) is 1. The van der Waals surface area contributed by atoms with Crippen LogP contribution in [0.2, 0.25) is 0 Å². The van der Waals surface area contributed by atoms with Crippen molar-refractivity contribution in [1.29, 1.82) is 0 Å². The minimum atomic E-state index is -0.0888. The normalized spacial score (nSPS) is 20.7. The summed E-state index contributed by atoms with van der Waals surface area (Å²) in [6.07, 6.45) is 2.15. The third kappa shape index (κ3) is 3.23. The number of benzene rings is 1. The summed E-state index contributed by atoms with van der Waals surface area (Å²) in [5.74, 6) is -0.0888. The zero-order valence-corrected chi connectivity index (χ0v) is 12.0. The molecular weight excluding hydrogens is 294 g/mol. The zero-order valence-electron chi connectivity index (χ0n) is 10.4. The first-order valence-electron chi connectivity index (χ1n) is 6.10. The number of amides is 1. The molecule has 5 heteroatoms. The van der Waals surface area contributed by atoms with Gasteiger partial charge in [-0.05, 0) is 44.6 Å². The van der Waals surface area contributed by atoms with Crippen LogP contribution in [0.3, 0.4) is 0 Å². The number of carbonyl (C=O) groups excluding carboxylic acids is 1. The lowest BCUT2D eigenvalue weighted by molar-refractivity contribution is 0.0913. The average molecular weight is 312 g/mol. The molecule has 0 bridgehead atoms. The van der Waals surface area contributed by atoms with E-state index in [1.165, 1.54) is 0 Å². The number of hydrogen-bond donors (Lipinski definition) is 2. The van der Waals surface area contributed by atoms with E-state index in [-0.39, 0.29) is 11.9 Å². The molecular formula is C13H18BrN3O. The standard InChI is InChI=1S/C13H18BrN3O/c1-17-6-2-3-10(8-17)16-13(18)11-7-9(14)4-5-12(11)15/h4-5,7,10H,2-3,6,8,15H2,1H3,(H,16,18). The molecule has 1 saturated heterocycles. The number of piperidine rings is 1. The summed E-state index contributed by atoms with van der Waals surface area (Å²) in [5, 5.41) is 3.05. The number of nitrogen functional groups attached to an aromatic ring is 1. The minimum absolute atomic E-state index is 0.0888. The number of likely N-dealkylation sites (tertiary alicyclic amines) is 1. The van der Waals surface area contributed by atoms with Gasteiger partial charge in [0.15, 0.2) is 0 Å². The van der Waals surface area contributed by atoms with E-state index in [0.29, 0.717) is 11.3 Å². The lowest BCUT2D eigenvalue weighted by Gasteiger charge is -2.30. The molecule has 1 aromatic carbocycles. The number of carbonyl (C=O) groups is 1. The number of hydrogen-bond acceptors (Lipinski definition) is 3. The van der Waals surface area contributed by atoms with Crippen LogP contribution in [0.15, 0.2) is 22.7 Å². The second-order valence-electron chi connectivity index (χ2n) is 4.81. The monoisotopic (exact) mass is 311 g/mol. The third-order valence-corrected chi connectivity index (χ3v) is 3.71. The van der Waals surface area contributed by atoms with Crippen LogP contribution in [0.25, 0.3) is 0 Å². The van der Waals surface area contributed by atoms with Crippen LogP contribution < -0.4 is 11.1 Å². The third-order valence-electron chi connectivity index (χ3n) is 3.22. The van der Waals surface area contributed by atoms with E-state index in [9.17, 15) is 4.79 Å². The van der Waals surface area contributed by atoms with E-state index < -0.39 is 0 Å². The zero-order chi connectivity index (χ0) is 13.1. The van der Waals surface area contributed by atoms with Crippen molar-refractivity contribution < 1.29 is 4.79 Å². The van der Waals surface area contributed by atoms with Crippen molar-refractivity contribution in [2.45, 2.75) is 18.9 Å². The van der Waals surface area contributed by atoms with Crippen molar-refractivity contribution in [1.82, 2.24) is 10.2 Å². The van der Waals surface area contributed by atoms with Crippen molar-refractivity contribution in [3.8, 4) is 0 Å². The van der Waals surface area contributed by atoms with E-state index in [2.05, 4.69) is 33.2 Å². The maximum absolute atomic E-state index is 12.2. The Labute approximate surface area is 116 Å². The summed E-state index contributed by atoms with van der Waals surface area (Å²) in [6.45, 7) is 2.01. The Morgan fingerprint density at radius 1 is 1.56 bits per heavy atom. The maximum atomic E-state index is 12.2. The lowest BCUT2D eigenvalue weighted by Crippen LogP contribution is -2.46. The van der Waals surface area contributed by atoms with Gasteiger partial charge in [0.1, 0.15) is 0 Å². The Balaban J connectivity index is 2.05. The fourth-order valence-corrected chi connectivity index (χ4v) is 2.63. The first-order chi connectivity index (χ1) is 8.56. The Morgan fingerprint density at radius 3 is 3.06 bits per heavy atom. The van der Waals surface area contributed by atoms with Crippen LogP contribution in [0.5, 0.6) is 0 Å². The number of anilines is 1. The van der Waals surface area contributed by atoms with Crippen molar-refractivity contribution in [3.63, 3.8) is 0 Å². The first-order valence-corrected chi connectivity index (χ1v) is 6.90. The second-order valence-corrected chi connectivity index (χ2v) is 5.72. The Kier molecular flexibility index (Phi) is 4.24. The van der Waals surface area contributed by atoms with Gasteiger partial charge in [0.25, 0.3) is 5.91 Å². The van der Waals surface area contributed by atoms with Gasteiger partial charge in [-0.3, -0.25) is 4.79 Å². The van der Waals surface area contributed by atoms with E-state index in [0.717, 1.165) is 30.4 Å². The molecule has 1 fully saturated rings. The highest BCUT2D eigenvalue weighted by molar-refractivity contribution is 9.10. The fraction of sp³-hybridized carbons (Fsp3) is 0.462. The van der Waals surface area contributed by atoms with Gasteiger partial charge in [-0.2, -0.15) is 0 Å². The molecule has 2 rings (SSSR count). The SMILES string of the molecule is CN1CCCC(NC(=O)c2cc(Br)ccc2N)C1. The lowest BCUT2D eigenvalue weighted by atomic mass is 10.1. The van der Waals surface area contributed by atoms with Crippen molar-refractivity contribution in [2.75, 3.05) is 25.9 Å². The van der Waals surface area contributed by atoms with Crippen molar-refractivity contribution in [2.24, 2.45) is 0 Å². The number of halogens is 1. The molecule has 0 spiro atoms. The Morgan fingerprint density at radius 2 is 2.33 bits per heavy atom. The first kappa shape index (κ1) is 13.4. The van der Waals surface area contributed by atoms with Gasteiger partial charge < -0.3 is 16.0 Å². The highest BCUT2D eigenvalue weighted by Gasteiger charge is 2.20. The topological polar surface area (TPSA) is 58.4 Å². The molecule has 0 radical (unpaired) electrons. The number of nitrogens with one attached hydrogen (secondary N) is 1. The van der Waals surface area contributed by atoms with Crippen LogP contribution in [-0.2, 0) is 0 Å². The summed E-state index contributed by atoms with van der Waals surface area (Å²) in [7, 11) is 2.08. The van der Waals surface area contributed by atoms with Gasteiger partial charge >= 0.3 is 0 Å². The van der Waals surface area contributed by atoms with Crippen LogP contribution >= 0.6 is 15.9 Å². The van der Waals surface area contributed by atoms with Gasteiger partial charge in [-0.1, -0.05) is 15.9 Å². The van der Waals surface area contributed by atoms with Crippen LogP contribution in [-0.4, -0.2) is 37.0 Å². The summed E-state index contributed by atoms with van der Waals surface area (Å²) in [6, 6.07) is 5.55. The molecule has 1 aliphatic heterocycles. The predicted octanol–water partition coefficient (Wildman–Crippen LogP) is 1.86. The maximum Gasteiger partial charge on any atom is 0.253 e. The molecule has 1 unspecified atom stereocenters. The van der Waals surface area contributed by atoms with Gasteiger partial charge in [-0.15, -0.1) is 0 Å². The quantitative estimate of drug-likeness (QED) is 0.820. The van der Waals surface area contributed by atoms with Crippen LogP contribution in [0.1, 0.15) is 23.2 Å². The smallest absolute Gasteiger partial charge is 0.253 e. The molecule has 0 saturated carbocycles. The number of nitrogens with zero attached hydrogens (tertiary/aromatic N) is 1. The van der Waals surface area contributed by atoms with Gasteiger partial charge in [0.2, 0.25) is 0 Å². The minimum Gasteiger partial charge on any atom is -0.398 e. The molecule has 98 valence electrons. The Bertz CT molecular complexity index is 450. The largest absolute Gasteiger partial charge is 0.398 e. The molecule has 3 N–H and O–H groups in total. The van der Waals surface area contributed by atoms with Gasteiger partial charge in [0.05, 0.1) is 5.56 Å². The fourth-order valence-electron chi connectivity index (χ4n) is 2.27. The van der Waals surface area contributed by atoms with E-state index >= 15 is 0 Å². The molecule has 18 heavy (non-hydrogen) atoms. The Hall–Kier alpha value is -1.07. The van der Waals surface area contributed by atoms with Crippen LogP contribution in [0, 0.1) is 0 Å². The molecule has 1 heterocycles. The van der Waals surface area contributed by atoms with Gasteiger partial charge in [0, 0.05) is 22.7 Å². The highest BCUT2D eigenvalue weighted by atomic mass is 79.9. The van der Waals surface area contributed by atoms with Crippen molar-refractivity contribution >= 4 is 27.5 Å². The molecule has 1 atom stereocenters. The highest BCUT2D eigenvalue weighted by Crippen LogP contribution is 2.19. The molecule has 0 aromatic heterocycles. The number of likely N-dealkylation sites (N-methyl/N-ethyl adjacent to an activating group) is 1. The summed E-state index contributed by atoms with van der Waals surface area (Å²) < 4.78 is 0.864. The average Bonchev–Trinajstić information content (AvgIpc) is 2.32. The molecule has 0 aliphatic carbocycles.